The van der Waals surface area contributed by atoms with Gasteiger partial charge in [-0.05, 0) is 93.3 Å². The Hall–Kier alpha value is -8.27. The number of fused-ring (bicyclic) bond motifs is 4. The molecule has 0 bridgehead atoms. The number of carbonyl (C=O) groups excluding carboxylic acids is 7. The fourth-order valence-corrected chi connectivity index (χ4v) is 13.7. The molecule has 4 aliphatic heterocycles. The first kappa shape index (κ1) is 79.4. The Balaban J connectivity index is 0.734. The van der Waals surface area contributed by atoms with E-state index in [9.17, 15) is 38.7 Å². The molecule has 102 heavy (non-hydrogen) atoms. The zero-order valence-electron chi connectivity index (χ0n) is 60.4. The topological polar surface area (TPSA) is 293 Å². The maximum absolute atomic E-state index is 14.4. The van der Waals surface area contributed by atoms with Crippen LogP contribution in [-0.2, 0) is 49.5 Å². The highest BCUT2D eigenvalue weighted by molar-refractivity contribution is 8.01. The number of carbonyl (C=O) groups is 7. The highest BCUT2D eigenvalue weighted by Gasteiger charge is 2.46. The summed E-state index contributed by atoms with van der Waals surface area (Å²) in [6.45, 7) is 14.2. The van der Waals surface area contributed by atoms with Crippen LogP contribution in [0.2, 0.25) is 0 Å². The Morgan fingerprint density at radius 3 is 1.85 bits per heavy atom. The third-order valence-corrected chi connectivity index (χ3v) is 19.7. The van der Waals surface area contributed by atoms with Gasteiger partial charge >= 0.3 is 6.09 Å². The van der Waals surface area contributed by atoms with Gasteiger partial charge in [-0.25, -0.2) is 9.69 Å². The minimum Gasteiger partial charge on any atom is -0.493 e. The average Bonchev–Trinajstić information content (AvgIpc) is 1.59. The van der Waals surface area contributed by atoms with Crippen molar-refractivity contribution in [3.63, 3.8) is 0 Å². The lowest BCUT2D eigenvalue weighted by Gasteiger charge is -2.31. The van der Waals surface area contributed by atoms with Gasteiger partial charge in [0.1, 0.15) is 18.7 Å². The van der Waals surface area contributed by atoms with Crippen LogP contribution in [0.3, 0.4) is 0 Å². The average molecular weight is 1430 g/mol. The Bertz CT molecular complexity index is 3470. The van der Waals surface area contributed by atoms with Gasteiger partial charge in [0, 0.05) is 60.6 Å². The van der Waals surface area contributed by atoms with Crippen molar-refractivity contribution in [2.75, 3.05) is 103 Å². The van der Waals surface area contributed by atoms with Crippen LogP contribution in [0.15, 0.2) is 101 Å². The molecule has 5 N–H and O–H groups in total. The minimum atomic E-state index is -1.58. The fourth-order valence-electron chi connectivity index (χ4n) is 12.6. The summed E-state index contributed by atoms with van der Waals surface area (Å²) in [4.78, 5) is 104. The number of nitrogens with one attached hydrogen (secondary N) is 4. The van der Waals surface area contributed by atoms with Gasteiger partial charge in [0.05, 0.1) is 121 Å². The minimum absolute atomic E-state index is 0.00232. The van der Waals surface area contributed by atoms with Gasteiger partial charge in [0.25, 0.3) is 11.8 Å². The van der Waals surface area contributed by atoms with Gasteiger partial charge in [-0.3, -0.25) is 33.8 Å². The molecule has 1 aliphatic carbocycles. The van der Waals surface area contributed by atoms with Crippen molar-refractivity contribution in [2.24, 2.45) is 10.9 Å². The van der Waals surface area contributed by atoms with Gasteiger partial charge in [-0.1, -0.05) is 109 Å². The normalized spacial score (nSPS) is 18.7. The molecule has 5 aliphatic rings. The van der Waals surface area contributed by atoms with Crippen molar-refractivity contribution < 1.29 is 81.3 Å². The van der Waals surface area contributed by atoms with Gasteiger partial charge in [0.15, 0.2) is 29.2 Å². The third kappa shape index (κ3) is 23.1. The second-order valence-corrected chi connectivity index (χ2v) is 28.0. The summed E-state index contributed by atoms with van der Waals surface area (Å²) in [6.07, 6.45) is 24.2. The van der Waals surface area contributed by atoms with Gasteiger partial charge in [0.2, 0.25) is 23.6 Å². The van der Waals surface area contributed by atoms with Crippen LogP contribution in [0.5, 0.6) is 23.0 Å². The van der Waals surface area contributed by atoms with Gasteiger partial charge < -0.3 is 78.8 Å². The van der Waals surface area contributed by atoms with E-state index < -0.39 is 54.1 Å². The van der Waals surface area contributed by atoms with Crippen molar-refractivity contribution in [1.82, 2.24) is 25.8 Å². The van der Waals surface area contributed by atoms with Crippen LogP contribution >= 0.6 is 11.8 Å². The standard InChI is InChI=1S/C76H104N8O17S/c1-9-20-54-40-57-46-78-60-44-65(63(93-7)42-58(60)72(89)82(57)47-54)99-30-19-31-100-66-45-61-59(43-64(66)94-8)73(90)83-48-55(21-10-2)41-62(83)74(91)84(61)75(92)101-49-53-22-24-56(25-23-53)80-70(87)52(5)79-71(88)69(51(3)4)81-67(85)26-32-95-34-36-97-38-39-98-37-35-96-33-29-77-68(86)50-102-76(6)27-17-15-13-11-12-14-16-18-28-76/h9-10,20-25,42-48,51-52,57,62,69,74,91H,11-19,26-41,49-50H2,1-8H3,(H,77,86)(H,79,88)(H,80,87)(H,81,85). The predicted octanol–water partition coefficient (Wildman–Crippen LogP) is 10.7. The van der Waals surface area contributed by atoms with E-state index in [1.165, 1.54) is 102 Å². The van der Waals surface area contributed by atoms with Crippen molar-refractivity contribution in [2.45, 2.75) is 173 Å². The molecule has 556 valence electrons. The molecule has 25 nitrogen and oxygen atoms in total. The molecular formula is C76H104N8O17S. The first-order valence-electron chi connectivity index (χ1n) is 35.7. The maximum atomic E-state index is 14.4. The lowest BCUT2D eigenvalue weighted by Crippen LogP contribution is -2.53. The van der Waals surface area contributed by atoms with Crippen LogP contribution in [0.1, 0.15) is 158 Å². The maximum Gasteiger partial charge on any atom is 0.416 e. The zero-order valence-corrected chi connectivity index (χ0v) is 61.2. The monoisotopic (exact) mass is 1430 g/mol. The second kappa shape index (κ2) is 40.5. The highest BCUT2D eigenvalue weighted by atomic mass is 32.2. The SMILES string of the molecule is CC=CC1=CN2C(=O)c3cc(OC)c(OCCCOc4cc5c(cc4OC)C(=O)N4C=C(C=CC)CC4C(O)N5C(=O)OCc4ccc(NC(=O)C(C)NC(=O)C(NC(=O)CCOCCOCCOCCOCCNC(=O)CSC5(C)CCCCCCCCCC5)C(C)C)cc4)cc3N=CC2C1. The van der Waals surface area contributed by atoms with E-state index in [1.54, 1.807) is 79.3 Å². The summed E-state index contributed by atoms with van der Waals surface area (Å²) < 4.78 is 52.2. The number of thioether (sulfide) groups is 1. The van der Waals surface area contributed by atoms with Crippen LogP contribution in [0, 0.1) is 5.92 Å². The number of aliphatic hydroxyl groups is 1. The number of benzene rings is 3. The number of allylic oxidation sites excluding steroid dienone is 4. The van der Waals surface area contributed by atoms with Crippen LogP contribution in [0.25, 0.3) is 0 Å². The predicted molar refractivity (Wildman–Crippen MR) is 391 cm³/mol. The molecule has 8 rings (SSSR count). The summed E-state index contributed by atoms with van der Waals surface area (Å²) >= 11 is 1.80. The Labute approximate surface area is 603 Å². The van der Waals surface area contributed by atoms with Gasteiger partial charge in [-0.15, -0.1) is 11.8 Å². The highest BCUT2D eigenvalue weighted by Crippen LogP contribution is 2.44. The van der Waals surface area contributed by atoms with E-state index in [-0.39, 0.29) is 97.1 Å². The van der Waals surface area contributed by atoms with Crippen LogP contribution in [-0.4, -0.2) is 190 Å². The summed E-state index contributed by atoms with van der Waals surface area (Å²) in [6, 6.07) is 9.68. The third-order valence-electron chi connectivity index (χ3n) is 18.2. The summed E-state index contributed by atoms with van der Waals surface area (Å²) in [5.41, 5.74) is 3.60. The second-order valence-electron chi connectivity index (χ2n) is 26.4. The number of ether oxygens (including phenoxy) is 9. The molecule has 26 heteroatoms. The summed E-state index contributed by atoms with van der Waals surface area (Å²) in [5, 5.41) is 23.3. The molecule has 3 aromatic rings. The number of aliphatic hydroxyl groups excluding tert-OH is 1. The Morgan fingerprint density at radius 1 is 0.667 bits per heavy atom. The Kier molecular flexibility index (Phi) is 31.6. The van der Waals surface area contributed by atoms with E-state index in [0.29, 0.717) is 98.8 Å². The number of amides is 7. The van der Waals surface area contributed by atoms with E-state index in [2.05, 4.69) is 33.2 Å². The van der Waals surface area contributed by atoms with Crippen molar-refractivity contribution in [3.05, 3.63) is 113 Å². The molecule has 0 saturated heterocycles. The molecular weight excluding hydrogens is 1330 g/mol. The van der Waals surface area contributed by atoms with Crippen LogP contribution in [0.4, 0.5) is 21.9 Å². The molecule has 1 saturated carbocycles. The molecule has 0 aromatic heterocycles. The number of rotatable bonds is 36. The van der Waals surface area contributed by atoms with Gasteiger partial charge in [-0.2, -0.15) is 0 Å². The number of nitrogens with zero attached hydrogens (tertiary/aromatic N) is 4. The molecule has 1 fully saturated rings. The van der Waals surface area contributed by atoms with E-state index in [1.807, 2.05) is 44.4 Å². The van der Waals surface area contributed by atoms with E-state index >= 15 is 0 Å². The first-order chi connectivity index (χ1) is 49.3. The molecule has 5 unspecified atom stereocenters. The number of methoxy groups -OCH3 is 2. The molecule has 7 amide bonds. The summed E-state index contributed by atoms with van der Waals surface area (Å²) in [5.74, 6) is -0.844. The number of hydrogen-bond acceptors (Lipinski definition) is 19. The molecule has 0 radical (unpaired) electrons. The van der Waals surface area contributed by atoms with Crippen LogP contribution < -0.4 is 45.1 Å². The largest absolute Gasteiger partial charge is 0.493 e. The number of aliphatic imine (C=N–C) groups is 1. The smallest absolute Gasteiger partial charge is 0.416 e. The zero-order chi connectivity index (χ0) is 73.0. The first-order valence-corrected chi connectivity index (χ1v) is 36.7. The lowest BCUT2D eigenvalue weighted by atomic mass is 9.96. The molecule has 0 spiro atoms. The number of hydrogen-bond donors (Lipinski definition) is 5. The van der Waals surface area contributed by atoms with Crippen molar-refractivity contribution in [1.29, 1.82) is 0 Å². The summed E-state index contributed by atoms with van der Waals surface area (Å²) in [7, 11) is 2.92. The van der Waals surface area contributed by atoms with E-state index in [0.717, 1.165) is 16.0 Å². The Morgan fingerprint density at radius 2 is 1.24 bits per heavy atom. The lowest BCUT2D eigenvalue weighted by molar-refractivity contribution is -0.132. The molecule has 5 atom stereocenters. The van der Waals surface area contributed by atoms with E-state index in [4.69, 9.17) is 42.6 Å². The number of anilines is 2. The molecule has 4 heterocycles. The quantitative estimate of drug-likeness (QED) is 0.0338. The van der Waals surface area contributed by atoms with Crippen molar-refractivity contribution in [3.8, 4) is 23.0 Å². The fraction of sp³-hybridized carbons (Fsp3) is 0.553. The molecule has 3 aromatic carbocycles. The van der Waals surface area contributed by atoms with Crippen molar-refractivity contribution >= 4 is 76.6 Å².